The maximum absolute atomic E-state index is 11.6. The molecule has 0 spiro atoms. The van der Waals surface area contributed by atoms with Crippen molar-refractivity contribution in [3.8, 4) is 0 Å². The summed E-state index contributed by atoms with van der Waals surface area (Å²) in [4.78, 5) is 23.1. The van der Waals surface area contributed by atoms with E-state index >= 15 is 0 Å². The number of ether oxygens (including phenoxy) is 2. The van der Waals surface area contributed by atoms with Crippen LogP contribution in [0.3, 0.4) is 0 Å². The Bertz CT molecular complexity index is 258. The van der Waals surface area contributed by atoms with Crippen LogP contribution in [0, 0.1) is 0 Å². The van der Waals surface area contributed by atoms with Crippen molar-refractivity contribution >= 4 is 37.2 Å². The van der Waals surface area contributed by atoms with Crippen LogP contribution in [0.25, 0.3) is 0 Å². The molecule has 0 fully saturated rings. The number of hydrogen-bond donors (Lipinski definition) is 2. The van der Waals surface area contributed by atoms with Crippen molar-refractivity contribution in [2.24, 2.45) is 0 Å². The molecule has 0 radical (unpaired) electrons. The van der Waals surface area contributed by atoms with E-state index in [1.54, 1.807) is 6.92 Å². The Morgan fingerprint density at radius 1 is 0.842 bits per heavy atom. The number of carbonyl (C=O) groups is 2. The number of rotatable bonds is 9. The highest BCUT2D eigenvalue weighted by molar-refractivity contribution is 7.81. The topological polar surface area (TPSA) is 52.6 Å². The van der Waals surface area contributed by atoms with E-state index in [-0.39, 0.29) is 35.3 Å². The van der Waals surface area contributed by atoms with Crippen molar-refractivity contribution in [2.75, 3.05) is 0 Å². The third kappa shape index (κ3) is 9.21. The van der Waals surface area contributed by atoms with E-state index in [4.69, 9.17) is 9.47 Å². The Morgan fingerprint density at radius 3 is 1.47 bits per heavy atom. The van der Waals surface area contributed by atoms with Crippen LogP contribution in [0.4, 0.5) is 0 Å². The van der Waals surface area contributed by atoms with E-state index in [0.29, 0.717) is 6.42 Å². The Morgan fingerprint density at radius 2 is 1.21 bits per heavy atom. The van der Waals surface area contributed by atoms with Gasteiger partial charge in [-0.2, -0.15) is 25.3 Å². The lowest BCUT2D eigenvalue weighted by Gasteiger charge is -2.18. The quantitative estimate of drug-likeness (QED) is 0.390. The summed E-state index contributed by atoms with van der Waals surface area (Å²) in [6, 6.07) is 0. The van der Waals surface area contributed by atoms with Crippen molar-refractivity contribution in [1.82, 2.24) is 0 Å². The summed E-state index contributed by atoms with van der Waals surface area (Å²) in [7, 11) is 0. The van der Waals surface area contributed by atoms with Gasteiger partial charge in [0, 0.05) is 16.9 Å². The molecule has 0 rings (SSSR count). The maximum Gasteiger partial charge on any atom is 0.309 e. The average molecular weight is 308 g/mol. The van der Waals surface area contributed by atoms with Crippen LogP contribution in [0.2, 0.25) is 0 Å². The summed E-state index contributed by atoms with van der Waals surface area (Å²) < 4.78 is 10.2. The molecule has 0 aromatic carbocycles. The molecular formula is C13H24O4S2. The number of hydrogen-bond acceptors (Lipinski definition) is 6. The van der Waals surface area contributed by atoms with Crippen molar-refractivity contribution in [3.63, 3.8) is 0 Å². The molecule has 0 N–H and O–H groups in total. The number of carbonyl (C=O) groups excluding carboxylic acids is 2. The molecule has 0 aromatic heterocycles. The van der Waals surface area contributed by atoms with Gasteiger partial charge in [-0.25, -0.2) is 0 Å². The predicted molar refractivity (Wildman–Crippen MR) is 81.6 cm³/mol. The number of esters is 2. The van der Waals surface area contributed by atoms with E-state index < -0.39 is 6.29 Å². The van der Waals surface area contributed by atoms with Crippen LogP contribution >= 0.6 is 25.3 Å². The minimum absolute atomic E-state index is 0.0254. The van der Waals surface area contributed by atoms with Crippen LogP contribution in [-0.4, -0.2) is 28.7 Å². The first kappa shape index (κ1) is 18.6. The molecule has 4 nitrogen and oxygen atoms in total. The van der Waals surface area contributed by atoms with Crippen LogP contribution < -0.4 is 0 Å². The molecule has 0 saturated heterocycles. The van der Waals surface area contributed by atoms with E-state index in [0.717, 1.165) is 12.8 Å². The van der Waals surface area contributed by atoms with Gasteiger partial charge in [0.25, 0.3) is 0 Å². The predicted octanol–water partition coefficient (Wildman–Crippen LogP) is 3.01. The third-order valence-corrected chi connectivity index (χ3v) is 3.70. The molecule has 0 amide bonds. The third-order valence-electron chi connectivity index (χ3n) is 2.61. The molecule has 0 aliphatic carbocycles. The van der Waals surface area contributed by atoms with Gasteiger partial charge in [-0.1, -0.05) is 20.8 Å². The molecule has 0 aliphatic heterocycles. The molecule has 0 bridgehead atoms. The molecular weight excluding hydrogens is 284 g/mol. The van der Waals surface area contributed by atoms with E-state index in [1.807, 2.05) is 13.8 Å². The van der Waals surface area contributed by atoms with Crippen molar-refractivity contribution in [2.45, 2.75) is 69.7 Å². The monoisotopic (exact) mass is 308 g/mol. The van der Waals surface area contributed by atoms with Gasteiger partial charge in [-0.05, 0) is 12.8 Å². The normalized spacial score (nSPS) is 15.4. The first-order valence-electron chi connectivity index (χ1n) is 6.67. The van der Waals surface area contributed by atoms with Gasteiger partial charge in [0.1, 0.15) is 0 Å². The fourth-order valence-electron chi connectivity index (χ4n) is 1.25. The van der Waals surface area contributed by atoms with Crippen molar-refractivity contribution in [3.05, 3.63) is 0 Å². The summed E-state index contributed by atoms with van der Waals surface area (Å²) in [6.45, 7) is 5.68. The fraction of sp³-hybridized carbons (Fsp3) is 0.846. The first-order valence-corrected chi connectivity index (χ1v) is 7.71. The van der Waals surface area contributed by atoms with Crippen LogP contribution in [0.1, 0.15) is 52.9 Å². The van der Waals surface area contributed by atoms with Gasteiger partial charge in [0.05, 0.1) is 12.8 Å². The largest absolute Gasteiger partial charge is 0.425 e. The zero-order valence-electron chi connectivity index (χ0n) is 11.8. The lowest BCUT2D eigenvalue weighted by Crippen LogP contribution is -2.26. The molecule has 0 aliphatic rings. The number of thiol groups is 2. The Hall–Kier alpha value is -0.360. The molecule has 0 heterocycles. The lowest BCUT2D eigenvalue weighted by atomic mass is 10.2. The second kappa shape index (κ2) is 10.4. The van der Waals surface area contributed by atoms with Gasteiger partial charge in [-0.3, -0.25) is 9.59 Å². The van der Waals surface area contributed by atoms with Crippen molar-refractivity contribution in [1.29, 1.82) is 0 Å². The summed E-state index contributed by atoms with van der Waals surface area (Å²) in [6.07, 6.45) is 1.63. The first-order chi connectivity index (χ1) is 8.92. The zero-order valence-corrected chi connectivity index (χ0v) is 13.6. The van der Waals surface area contributed by atoms with Crippen molar-refractivity contribution < 1.29 is 19.1 Å². The van der Waals surface area contributed by atoms with Crippen LogP contribution in [-0.2, 0) is 19.1 Å². The van der Waals surface area contributed by atoms with Gasteiger partial charge < -0.3 is 9.47 Å². The van der Waals surface area contributed by atoms with Gasteiger partial charge in [0.2, 0.25) is 6.29 Å². The SMILES string of the molecule is CCC(S)CC(=O)OC(CC)OC(=O)CC(S)CC. The van der Waals surface area contributed by atoms with Crippen LogP contribution in [0.15, 0.2) is 0 Å². The summed E-state index contributed by atoms with van der Waals surface area (Å²) in [5, 5.41) is -0.0507. The summed E-state index contributed by atoms with van der Waals surface area (Å²) >= 11 is 8.46. The smallest absolute Gasteiger partial charge is 0.309 e. The Kier molecular flexibility index (Phi) is 10.2. The minimum atomic E-state index is -0.810. The molecule has 0 saturated carbocycles. The zero-order chi connectivity index (χ0) is 14.8. The minimum Gasteiger partial charge on any atom is -0.425 e. The molecule has 2 atom stereocenters. The fourth-order valence-corrected chi connectivity index (χ4v) is 1.55. The Labute approximate surface area is 126 Å². The highest BCUT2D eigenvalue weighted by Gasteiger charge is 2.19. The summed E-state index contributed by atoms with van der Waals surface area (Å²) in [5.41, 5.74) is 0. The highest BCUT2D eigenvalue weighted by atomic mass is 32.1. The van der Waals surface area contributed by atoms with Crippen LogP contribution in [0.5, 0.6) is 0 Å². The van der Waals surface area contributed by atoms with Gasteiger partial charge >= 0.3 is 11.9 Å². The molecule has 2 unspecified atom stereocenters. The molecule has 6 heteroatoms. The molecule has 112 valence electrons. The lowest BCUT2D eigenvalue weighted by molar-refractivity contribution is -0.188. The molecule has 19 heavy (non-hydrogen) atoms. The second-order valence-corrected chi connectivity index (χ2v) is 5.81. The van der Waals surface area contributed by atoms with E-state index in [2.05, 4.69) is 25.3 Å². The van der Waals surface area contributed by atoms with E-state index in [9.17, 15) is 9.59 Å². The molecule has 0 aromatic rings. The van der Waals surface area contributed by atoms with Gasteiger partial charge in [-0.15, -0.1) is 0 Å². The van der Waals surface area contributed by atoms with Gasteiger partial charge in [0.15, 0.2) is 0 Å². The Balaban J connectivity index is 4.13. The average Bonchev–Trinajstić information content (AvgIpc) is 2.37. The standard InChI is InChI=1S/C13H24O4S2/c1-4-9(18)7-11(14)16-13(6-3)17-12(15)8-10(19)5-2/h9-10,13,18-19H,4-8H2,1-3H3. The maximum atomic E-state index is 11.6. The highest BCUT2D eigenvalue weighted by Crippen LogP contribution is 2.12. The summed E-state index contributed by atoms with van der Waals surface area (Å²) in [5.74, 6) is -0.779. The second-order valence-electron chi connectivity index (χ2n) is 4.35. The van der Waals surface area contributed by atoms with E-state index in [1.165, 1.54) is 0 Å².